The molecule has 0 bridgehead atoms. The van der Waals surface area contributed by atoms with Gasteiger partial charge in [0.25, 0.3) is 0 Å². The third-order valence-corrected chi connectivity index (χ3v) is 5.95. The molecule has 0 aliphatic carbocycles. The third kappa shape index (κ3) is 5.88. The summed E-state index contributed by atoms with van der Waals surface area (Å²) in [7, 11) is 3.01. The van der Waals surface area contributed by atoms with Crippen molar-refractivity contribution < 1.29 is 19.4 Å². The first kappa shape index (κ1) is 24.9. The lowest BCUT2D eigenvalue weighted by Crippen LogP contribution is -2.18. The van der Waals surface area contributed by atoms with E-state index < -0.39 is 12.0 Å². The predicted octanol–water partition coefficient (Wildman–Crippen LogP) is 3.69. The molecule has 0 saturated heterocycles. The molecule has 4 rings (SSSR count). The monoisotopic (exact) mass is 490 g/mol. The zero-order chi connectivity index (χ0) is 25.5. The Labute approximate surface area is 209 Å². The number of methoxy groups -OCH3 is 1. The fraction of sp³-hybridized carbons (Fsp3) is 0.346. The van der Waals surface area contributed by atoms with E-state index in [4.69, 9.17) is 14.5 Å². The Kier molecular flexibility index (Phi) is 7.94. The molecule has 0 spiro atoms. The van der Waals surface area contributed by atoms with Gasteiger partial charge in [0.15, 0.2) is 0 Å². The highest BCUT2D eigenvalue weighted by Gasteiger charge is 2.21. The summed E-state index contributed by atoms with van der Waals surface area (Å²) in [6.45, 7) is 5.45. The number of carbonyl (C=O) groups is 1. The van der Waals surface area contributed by atoms with Crippen LogP contribution >= 0.6 is 0 Å². The van der Waals surface area contributed by atoms with Gasteiger partial charge in [0, 0.05) is 37.3 Å². The molecule has 0 unspecified atom stereocenters. The standard InChI is InChI=1S/C26H30N6O4/c1-17(15-29-26(27-2)35-3)23(14-24(33)34)32-22-9-8-21(13-19(22)16-30-32)36-12-10-20-7-6-18-5-4-11-28-25(18)31-20/h6-9,13,15-16,23H,1,4-5,10-12,14H2,2-3H3,(H,28,31)(H,33,34)/t23-/m0/s1. The number of nitrogens with one attached hydrogen (secondary N) is 1. The number of aliphatic imine (C=N–C) groups is 2. The number of nitrogens with zero attached hydrogens (tertiary/aromatic N) is 5. The molecule has 0 fully saturated rings. The number of hydrogen-bond donors (Lipinski definition) is 2. The molecule has 10 heteroatoms. The van der Waals surface area contributed by atoms with Gasteiger partial charge in [0.1, 0.15) is 11.6 Å². The number of pyridine rings is 1. The second-order valence-corrected chi connectivity index (χ2v) is 8.41. The number of fused-ring (bicyclic) bond motifs is 2. The second kappa shape index (κ2) is 11.5. The van der Waals surface area contributed by atoms with E-state index in [1.807, 2.05) is 18.2 Å². The van der Waals surface area contributed by atoms with Gasteiger partial charge in [-0.2, -0.15) is 5.10 Å². The summed E-state index contributed by atoms with van der Waals surface area (Å²) in [6.07, 6.45) is 5.83. The van der Waals surface area contributed by atoms with Gasteiger partial charge in [-0.3, -0.25) is 9.48 Å². The SMILES string of the molecule is C=C(C=NC(=NC)OC)[C@H](CC(=O)O)n1ncc2cc(OCCc3ccc4c(n3)NCCC4)ccc21. The molecular weight excluding hydrogens is 460 g/mol. The quantitative estimate of drug-likeness (QED) is 0.346. The van der Waals surface area contributed by atoms with Gasteiger partial charge in [-0.1, -0.05) is 12.6 Å². The number of aliphatic carboxylic acids is 1. The molecule has 1 aromatic carbocycles. The molecule has 188 valence electrons. The topological polar surface area (TPSA) is 123 Å². The van der Waals surface area contributed by atoms with E-state index in [-0.39, 0.29) is 12.4 Å². The van der Waals surface area contributed by atoms with Crippen molar-refractivity contribution in [3.63, 3.8) is 0 Å². The van der Waals surface area contributed by atoms with Crippen molar-refractivity contribution in [2.75, 3.05) is 32.6 Å². The van der Waals surface area contributed by atoms with Crippen molar-refractivity contribution in [1.82, 2.24) is 14.8 Å². The molecular formula is C26H30N6O4. The minimum Gasteiger partial charge on any atom is -0.493 e. The first-order valence-electron chi connectivity index (χ1n) is 11.8. The Morgan fingerprint density at radius 2 is 2.22 bits per heavy atom. The van der Waals surface area contributed by atoms with E-state index in [2.05, 4.69) is 39.1 Å². The number of ether oxygens (including phenoxy) is 2. The lowest BCUT2D eigenvalue weighted by molar-refractivity contribution is -0.137. The molecule has 3 heterocycles. The Hall–Kier alpha value is -4.21. The van der Waals surface area contributed by atoms with Crippen molar-refractivity contribution in [3.05, 3.63) is 59.9 Å². The highest BCUT2D eigenvalue weighted by Crippen LogP contribution is 2.27. The summed E-state index contributed by atoms with van der Waals surface area (Å²) in [5, 5.41) is 18.1. The van der Waals surface area contributed by atoms with Crippen molar-refractivity contribution in [2.24, 2.45) is 9.98 Å². The van der Waals surface area contributed by atoms with Crippen LogP contribution in [0.15, 0.2) is 58.7 Å². The predicted molar refractivity (Wildman–Crippen MR) is 139 cm³/mol. The maximum Gasteiger partial charge on any atom is 0.311 e. The van der Waals surface area contributed by atoms with Crippen LogP contribution in [0.1, 0.15) is 30.1 Å². The van der Waals surface area contributed by atoms with Gasteiger partial charge >= 0.3 is 12.0 Å². The van der Waals surface area contributed by atoms with Crippen LogP contribution in [0.5, 0.6) is 5.75 Å². The summed E-state index contributed by atoms with van der Waals surface area (Å²) in [4.78, 5) is 24.3. The van der Waals surface area contributed by atoms with E-state index in [0.29, 0.717) is 24.4 Å². The molecule has 0 saturated carbocycles. The number of carboxylic acid groups (broad SMARTS) is 1. The van der Waals surface area contributed by atoms with Crippen molar-refractivity contribution >= 4 is 34.9 Å². The van der Waals surface area contributed by atoms with E-state index in [9.17, 15) is 9.90 Å². The van der Waals surface area contributed by atoms with Gasteiger partial charge in [-0.05, 0) is 48.2 Å². The first-order chi connectivity index (χ1) is 17.5. The van der Waals surface area contributed by atoms with E-state index in [1.54, 1.807) is 17.9 Å². The van der Waals surface area contributed by atoms with E-state index in [0.717, 1.165) is 41.8 Å². The maximum absolute atomic E-state index is 11.6. The Morgan fingerprint density at radius 3 is 3.00 bits per heavy atom. The molecule has 36 heavy (non-hydrogen) atoms. The van der Waals surface area contributed by atoms with Gasteiger partial charge in [0.05, 0.1) is 37.9 Å². The molecule has 0 amide bonds. The van der Waals surface area contributed by atoms with Crippen molar-refractivity contribution in [3.8, 4) is 5.75 Å². The van der Waals surface area contributed by atoms with E-state index >= 15 is 0 Å². The van der Waals surface area contributed by atoms with Gasteiger partial charge in [-0.15, -0.1) is 0 Å². The number of allylic oxidation sites excluding steroid dienone is 1. The van der Waals surface area contributed by atoms with Crippen LogP contribution in [0.4, 0.5) is 5.82 Å². The number of rotatable bonds is 9. The van der Waals surface area contributed by atoms with Gasteiger partial charge < -0.3 is 19.9 Å². The maximum atomic E-state index is 11.6. The third-order valence-electron chi connectivity index (χ3n) is 5.95. The zero-order valence-electron chi connectivity index (χ0n) is 20.5. The number of hydrogen-bond acceptors (Lipinski definition) is 7. The van der Waals surface area contributed by atoms with Crippen molar-refractivity contribution in [1.29, 1.82) is 0 Å². The normalized spacial score (nSPS) is 14.3. The van der Waals surface area contributed by atoms with Crippen LogP contribution < -0.4 is 10.1 Å². The lowest BCUT2D eigenvalue weighted by atomic mass is 10.1. The average Bonchev–Trinajstić information content (AvgIpc) is 3.30. The number of anilines is 1. The van der Waals surface area contributed by atoms with Crippen LogP contribution in [-0.4, -0.2) is 65.4 Å². The van der Waals surface area contributed by atoms with Crippen LogP contribution in [-0.2, 0) is 22.4 Å². The van der Waals surface area contributed by atoms with Crippen LogP contribution in [0.3, 0.4) is 0 Å². The zero-order valence-corrected chi connectivity index (χ0v) is 20.5. The largest absolute Gasteiger partial charge is 0.493 e. The van der Waals surface area contributed by atoms with Crippen LogP contribution in [0.2, 0.25) is 0 Å². The lowest BCUT2D eigenvalue weighted by Gasteiger charge is -2.17. The van der Waals surface area contributed by atoms with Gasteiger partial charge in [0.2, 0.25) is 0 Å². The van der Waals surface area contributed by atoms with Crippen LogP contribution in [0.25, 0.3) is 10.9 Å². The molecule has 3 aromatic rings. The van der Waals surface area contributed by atoms with Crippen LogP contribution in [0, 0.1) is 0 Å². The summed E-state index contributed by atoms with van der Waals surface area (Å²) >= 11 is 0. The van der Waals surface area contributed by atoms with Gasteiger partial charge in [-0.25, -0.2) is 15.0 Å². The van der Waals surface area contributed by atoms with Crippen molar-refractivity contribution in [2.45, 2.75) is 31.7 Å². The highest BCUT2D eigenvalue weighted by atomic mass is 16.5. The molecule has 2 aromatic heterocycles. The molecule has 1 aliphatic heterocycles. The number of benzene rings is 1. The minimum atomic E-state index is -0.972. The summed E-state index contributed by atoms with van der Waals surface area (Å²) in [5.41, 5.74) is 3.48. The number of aryl methyl sites for hydroxylation is 1. The molecule has 10 nitrogen and oxygen atoms in total. The Morgan fingerprint density at radius 1 is 1.36 bits per heavy atom. The summed E-state index contributed by atoms with van der Waals surface area (Å²) in [6, 6.07) is 9.34. The number of aromatic nitrogens is 3. The molecule has 0 radical (unpaired) electrons. The Balaban J connectivity index is 1.46. The molecule has 1 atom stereocenters. The number of carboxylic acids is 1. The fourth-order valence-electron chi connectivity index (χ4n) is 4.12. The smallest absolute Gasteiger partial charge is 0.311 e. The summed E-state index contributed by atoms with van der Waals surface area (Å²) < 4.78 is 12.6. The second-order valence-electron chi connectivity index (χ2n) is 8.41. The Bertz CT molecular complexity index is 1310. The molecule has 1 aliphatic rings. The average molecular weight is 491 g/mol. The molecule has 2 N–H and O–H groups in total. The number of amidine groups is 1. The highest BCUT2D eigenvalue weighted by molar-refractivity contribution is 5.91. The van der Waals surface area contributed by atoms with E-state index in [1.165, 1.54) is 18.9 Å². The fourth-order valence-corrected chi connectivity index (χ4v) is 4.12. The summed E-state index contributed by atoms with van der Waals surface area (Å²) in [5.74, 6) is 0.716. The first-order valence-corrected chi connectivity index (χ1v) is 11.8. The minimum absolute atomic E-state index is 0.166.